The molecule has 0 aromatic carbocycles. The van der Waals surface area contributed by atoms with E-state index >= 15 is 0 Å². The topological polar surface area (TPSA) is 29.3 Å². The normalized spacial score (nSPS) is 23.2. The van der Waals surface area contributed by atoms with Crippen LogP contribution in [0.2, 0.25) is 0 Å². The minimum Gasteiger partial charge on any atom is -0.328 e. The fraction of sp³-hybridized carbons (Fsp3) is 1.00. The van der Waals surface area contributed by atoms with Crippen molar-refractivity contribution in [1.82, 2.24) is 4.90 Å². The second kappa shape index (κ2) is 5.86. The summed E-state index contributed by atoms with van der Waals surface area (Å²) in [6.45, 7) is 10.7. The van der Waals surface area contributed by atoms with Gasteiger partial charge in [-0.15, -0.1) is 0 Å². The highest BCUT2D eigenvalue weighted by atomic mass is 15.2. The van der Waals surface area contributed by atoms with Crippen molar-refractivity contribution in [2.75, 3.05) is 19.6 Å². The first kappa shape index (κ1) is 13.0. The molecule has 90 valence electrons. The molecule has 2 N–H and O–H groups in total. The summed E-state index contributed by atoms with van der Waals surface area (Å²) in [5, 5.41) is 0. The minimum absolute atomic E-state index is 0.370. The van der Waals surface area contributed by atoms with E-state index < -0.39 is 0 Å². The number of nitrogens with two attached hydrogens (primary N) is 1. The summed E-state index contributed by atoms with van der Waals surface area (Å²) in [5.74, 6) is 0. The third-order valence-electron chi connectivity index (χ3n) is 4.15. The van der Waals surface area contributed by atoms with E-state index in [2.05, 4.69) is 25.7 Å². The molecular weight excluding hydrogens is 184 g/mol. The highest BCUT2D eigenvalue weighted by Gasteiger charge is 2.34. The molecule has 0 radical (unpaired) electrons. The van der Waals surface area contributed by atoms with Crippen LogP contribution in [0.1, 0.15) is 52.9 Å². The van der Waals surface area contributed by atoms with Crippen LogP contribution < -0.4 is 5.73 Å². The smallest absolute Gasteiger partial charge is 0.00382 e. The summed E-state index contributed by atoms with van der Waals surface area (Å²) < 4.78 is 0. The lowest BCUT2D eigenvalue weighted by Gasteiger charge is -2.26. The number of hydrogen-bond donors (Lipinski definition) is 1. The van der Waals surface area contributed by atoms with Crippen molar-refractivity contribution in [1.29, 1.82) is 0 Å². The standard InChI is InChI=1S/C13H28N2/c1-4-13(5-2)8-10-15(11-13)9-6-7-12(3)14/h12H,4-11,14H2,1-3H3. The Hall–Kier alpha value is -0.0800. The molecule has 1 rings (SSSR count). The second-order valence-electron chi connectivity index (χ2n) is 5.35. The van der Waals surface area contributed by atoms with Crippen LogP contribution in [0.5, 0.6) is 0 Å². The van der Waals surface area contributed by atoms with E-state index in [9.17, 15) is 0 Å². The van der Waals surface area contributed by atoms with Crippen molar-refractivity contribution in [3.63, 3.8) is 0 Å². The van der Waals surface area contributed by atoms with Gasteiger partial charge >= 0.3 is 0 Å². The molecule has 1 aliphatic rings. The van der Waals surface area contributed by atoms with Gasteiger partial charge in [-0.05, 0) is 57.5 Å². The third kappa shape index (κ3) is 3.76. The first-order chi connectivity index (χ1) is 7.12. The van der Waals surface area contributed by atoms with Crippen molar-refractivity contribution in [2.45, 2.75) is 58.9 Å². The van der Waals surface area contributed by atoms with E-state index in [-0.39, 0.29) is 0 Å². The lowest BCUT2D eigenvalue weighted by Crippen LogP contribution is -2.28. The summed E-state index contributed by atoms with van der Waals surface area (Å²) in [5.41, 5.74) is 6.40. The predicted octanol–water partition coefficient (Wildman–Crippen LogP) is 2.63. The maximum Gasteiger partial charge on any atom is 0.00382 e. The Morgan fingerprint density at radius 2 is 2.00 bits per heavy atom. The lowest BCUT2D eigenvalue weighted by molar-refractivity contribution is 0.237. The fourth-order valence-corrected chi connectivity index (χ4v) is 2.68. The molecule has 15 heavy (non-hydrogen) atoms. The molecule has 1 aliphatic heterocycles. The van der Waals surface area contributed by atoms with Crippen molar-refractivity contribution in [3.05, 3.63) is 0 Å². The average molecular weight is 212 g/mol. The van der Waals surface area contributed by atoms with Gasteiger partial charge in [-0.3, -0.25) is 0 Å². The van der Waals surface area contributed by atoms with E-state index in [0.29, 0.717) is 11.5 Å². The van der Waals surface area contributed by atoms with E-state index in [4.69, 9.17) is 5.73 Å². The molecule has 1 saturated heterocycles. The van der Waals surface area contributed by atoms with E-state index in [1.165, 1.54) is 51.7 Å². The summed E-state index contributed by atoms with van der Waals surface area (Å²) in [6.07, 6.45) is 6.52. The Balaban J connectivity index is 2.24. The van der Waals surface area contributed by atoms with Crippen LogP contribution in [-0.4, -0.2) is 30.6 Å². The molecule has 2 nitrogen and oxygen atoms in total. The van der Waals surface area contributed by atoms with Crippen LogP contribution in [-0.2, 0) is 0 Å². The van der Waals surface area contributed by atoms with Crippen molar-refractivity contribution >= 4 is 0 Å². The highest BCUT2D eigenvalue weighted by Crippen LogP contribution is 2.36. The fourth-order valence-electron chi connectivity index (χ4n) is 2.68. The predicted molar refractivity (Wildman–Crippen MR) is 67.0 cm³/mol. The van der Waals surface area contributed by atoms with Crippen molar-refractivity contribution < 1.29 is 0 Å². The third-order valence-corrected chi connectivity index (χ3v) is 4.15. The Labute approximate surface area is 95.2 Å². The molecule has 0 amide bonds. The zero-order valence-corrected chi connectivity index (χ0v) is 10.8. The van der Waals surface area contributed by atoms with E-state index in [1.54, 1.807) is 0 Å². The van der Waals surface area contributed by atoms with Crippen LogP contribution in [0.15, 0.2) is 0 Å². The van der Waals surface area contributed by atoms with Gasteiger partial charge < -0.3 is 10.6 Å². The van der Waals surface area contributed by atoms with Gasteiger partial charge in [0.15, 0.2) is 0 Å². The summed E-state index contributed by atoms with van der Waals surface area (Å²) >= 11 is 0. The summed E-state index contributed by atoms with van der Waals surface area (Å²) in [6, 6.07) is 0.370. The van der Waals surface area contributed by atoms with Crippen LogP contribution in [0.3, 0.4) is 0 Å². The van der Waals surface area contributed by atoms with Gasteiger partial charge in [-0.1, -0.05) is 13.8 Å². The van der Waals surface area contributed by atoms with Crippen molar-refractivity contribution in [3.8, 4) is 0 Å². The summed E-state index contributed by atoms with van der Waals surface area (Å²) in [7, 11) is 0. The van der Waals surface area contributed by atoms with Crippen LogP contribution >= 0.6 is 0 Å². The average Bonchev–Trinajstić information content (AvgIpc) is 2.62. The molecule has 1 fully saturated rings. The number of hydrogen-bond acceptors (Lipinski definition) is 2. The largest absolute Gasteiger partial charge is 0.328 e. The molecule has 0 bridgehead atoms. The molecule has 1 unspecified atom stereocenters. The Morgan fingerprint density at radius 3 is 2.47 bits per heavy atom. The quantitative estimate of drug-likeness (QED) is 0.733. The lowest BCUT2D eigenvalue weighted by atomic mass is 9.82. The Bertz CT molecular complexity index is 173. The number of likely N-dealkylation sites (tertiary alicyclic amines) is 1. The van der Waals surface area contributed by atoms with E-state index in [1.807, 2.05) is 0 Å². The Morgan fingerprint density at radius 1 is 1.33 bits per heavy atom. The minimum atomic E-state index is 0.370. The molecule has 0 aromatic heterocycles. The first-order valence-electron chi connectivity index (χ1n) is 6.60. The van der Waals surface area contributed by atoms with Gasteiger partial charge in [0.1, 0.15) is 0 Å². The molecule has 0 saturated carbocycles. The van der Waals surface area contributed by atoms with Gasteiger partial charge in [0.2, 0.25) is 0 Å². The zero-order valence-electron chi connectivity index (χ0n) is 10.8. The maximum absolute atomic E-state index is 5.76. The molecule has 0 spiro atoms. The highest BCUT2D eigenvalue weighted by molar-refractivity contribution is 4.87. The molecule has 1 heterocycles. The van der Waals surface area contributed by atoms with Gasteiger partial charge in [-0.2, -0.15) is 0 Å². The SMILES string of the molecule is CCC1(CC)CCN(CCCC(C)N)C1. The molecule has 2 heteroatoms. The molecule has 0 aliphatic carbocycles. The van der Waals surface area contributed by atoms with Crippen LogP contribution in [0.25, 0.3) is 0 Å². The molecule has 0 aromatic rings. The monoisotopic (exact) mass is 212 g/mol. The molecular formula is C13H28N2. The Kier molecular flexibility index (Phi) is 5.07. The summed E-state index contributed by atoms with van der Waals surface area (Å²) in [4.78, 5) is 2.63. The van der Waals surface area contributed by atoms with Crippen molar-refractivity contribution in [2.24, 2.45) is 11.1 Å². The second-order valence-corrected chi connectivity index (χ2v) is 5.35. The van der Waals surface area contributed by atoms with Gasteiger partial charge in [0.05, 0.1) is 0 Å². The maximum atomic E-state index is 5.76. The van der Waals surface area contributed by atoms with Gasteiger partial charge in [0.25, 0.3) is 0 Å². The molecule has 1 atom stereocenters. The van der Waals surface area contributed by atoms with E-state index in [0.717, 1.165) is 0 Å². The van der Waals surface area contributed by atoms with Crippen LogP contribution in [0, 0.1) is 5.41 Å². The zero-order chi connectivity index (χ0) is 11.3. The van der Waals surface area contributed by atoms with Gasteiger partial charge in [-0.25, -0.2) is 0 Å². The first-order valence-corrected chi connectivity index (χ1v) is 6.60. The number of nitrogens with zero attached hydrogens (tertiary/aromatic N) is 1. The van der Waals surface area contributed by atoms with Crippen LogP contribution in [0.4, 0.5) is 0 Å². The van der Waals surface area contributed by atoms with Gasteiger partial charge in [0, 0.05) is 12.6 Å². The number of rotatable bonds is 6.